The maximum absolute atomic E-state index is 5.49. The first-order valence-electron chi connectivity index (χ1n) is 5.85. The van der Waals surface area contributed by atoms with Crippen molar-refractivity contribution in [3.05, 3.63) is 0 Å². The molecule has 4 nitrogen and oxygen atoms in total. The second-order valence-corrected chi connectivity index (χ2v) is 4.95. The van der Waals surface area contributed by atoms with Gasteiger partial charge in [0.05, 0.1) is 0 Å². The van der Waals surface area contributed by atoms with Gasteiger partial charge in [0.25, 0.3) is 0 Å². The van der Waals surface area contributed by atoms with Crippen LogP contribution in [-0.2, 0) is 0 Å². The maximum atomic E-state index is 5.49. The largest absolute Gasteiger partial charge is 0.342 e. The predicted octanol–water partition coefficient (Wildman–Crippen LogP) is 1.34. The molecule has 4 heteroatoms. The summed E-state index contributed by atoms with van der Waals surface area (Å²) in [5, 5.41) is 0. The average molecular weight is 212 g/mol. The Labute approximate surface area is 92.9 Å². The van der Waals surface area contributed by atoms with E-state index in [0.717, 1.165) is 25.6 Å². The van der Waals surface area contributed by atoms with Crippen molar-refractivity contribution in [1.82, 2.24) is 10.3 Å². The number of guanidine groups is 1. The quantitative estimate of drug-likeness (QED) is 0.298. The average Bonchev–Trinajstić information content (AvgIpc) is 2.36. The monoisotopic (exact) mass is 212 g/mol. The van der Waals surface area contributed by atoms with E-state index in [-0.39, 0.29) is 0 Å². The molecule has 0 aromatic rings. The number of rotatable bonds is 1. The number of aliphatic imine (C=N–C) groups is 1. The van der Waals surface area contributed by atoms with E-state index in [9.17, 15) is 0 Å². The Morgan fingerprint density at radius 2 is 2.13 bits per heavy atom. The van der Waals surface area contributed by atoms with E-state index in [0.29, 0.717) is 5.41 Å². The number of likely N-dealkylation sites (tertiary alicyclic amines) is 1. The highest BCUT2D eigenvalue weighted by molar-refractivity contribution is 5.79. The molecule has 0 saturated carbocycles. The van der Waals surface area contributed by atoms with Gasteiger partial charge >= 0.3 is 0 Å². The highest BCUT2D eigenvalue weighted by atomic mass is 15.4. The van der Waals surface area contributed by atoms with Crippen molar-refractivity contribution in [3.8, 4) is 0 Å². The van der Waals surface area contributed by atoms with Gasteiger partial charge in [-0.05, 0) is 31.6 Å². The summed E-state index contributed by atoms with van der Waals surface area (Å²) in [7, 11) is 0. The molecule has 1 saturated heterocycles. The van der Waals surface area contributed by atoms with Crippen molar-refractivity contribution in [2.24, 2.45) is 16.3 Å². The van der Waals surface area contributed by atoms with E-state index in [1.165, 1.54) is 19.3 Å². The molecule has 3 N–H and O–H groups in total. The highest BCUT2D eigenvalue weighted by Gasteiger charge is 2.24. The smallest absolute Gasteiger partial charge is 0.208 e. The van der Waals surface area contributed by atoms with Crippen molar-refractivity contribution < 1.29 is 0 Å². The molecular formula is C11H24N4. The molecule has 15 heavy (non-hydrogen) atoms. The van der Waals surface area contributed by atoms with Gasteiger partial charge in [0, 0.05) is 19.6 Å². The number of nitrogens with two attached hydrogens (primary N) is 1. The van der Waals surface area contributed by atoms with Crippen LogP contribution >= 0.6 is 0 Å². The zero-order valence-electron chi connectivity index (χ0n) is 10.2. The zero-order chi connectivity index (χ0) is 11.3. The van der Waals surface area contributed by atoms with Crippen LogP contribution in [0.25, 0.3) is 0 Å². The predicted molar refractivity (Wildman–Crippen MR) is 64.5 cm³/mol. The first-order chi connectivity index (χ1) is 7.09. The summed E-state index contributed by atoms with van der Waals surface area (Å²) in [5.41, 5.74) is 3.16. The van der Waals surface area contributed by atoms with Gasteiger partial charge in [0.1, 0.15) is 0 Å². The van der Waals surface area contributed by atoms with E-state index < -0.39 is 0 Å². The molecule has 1 fully saturated rings. The summed E-state index contributed by atoms with van der Waals surface area (Å²) in [6.07, 6.45) is 3.71. The summed E-state index contributed by atoms with van der Waals surface area (Å²) in [6.45, 7) is 9.59. The third-order valence-electron chi connectivity index (χ3n) is 3.08. The Morgan fingerprint density at radius 1 is 1.40 bits per heavy atom. The fraction of sp³-hybridized carbons (Fsp3) is 0.909. The van der Waals surface area contributed by atoms with E-state index in [2.05, 4.69) is 29.2 Å². The number of hydrogen-bond donors (Lipinski definition) is 2. The van der Waals surface area contributed by atoms with Crippen molar-refractivity contribution in [3.63, 3.8) is 0 Å². The van der Waals surface area contributed by atoms with E-state index in [4.69, 9.17) is 5.84 Å². The molecular weight excluding hydrogens is 188 g/mol. The van der Waals surface area contributed by atoms with E-state index in [1.54, 1.807) is 0 Å². The van der Waals surface area contributed by atoms with Gasteiger partial charge in [-0.2, -0.15) is 0 Å². The first-order valence-corrected chi connectivity index (χ1v) is 5.85. The van der Waals surface area contributed by atoms with Crippen LogP contribution in [0.2, 0.25) is 0 Å². The number of nitrogens with one attached hydrogen (secondary N) is 1. The van der Waals surface area contributed by atoms with Gasteiger partial charge < -0.3 is 4.90 Å². The lowest BCUT2D eigenvalue weighted by Crippen LogP contribution is -2.45. The standard InChI is InChI=1S/C11H24N4/c1-4-13-10(14-12)15-8-5-6-11(2,3)7-9-15/h4-9,12H2,1-3H3,(H,13,14). The van der Waals surface area contributed by atoms with Crippen LogP contribution in [0.4, 0.5) is 0 Å². The Morgan fingerprint density at radius 3 is 2.73 bits per heavy atom. The topological polar surface area (TPSA) is 53.6 Å². The van der Waals surface area contributed by atoms with Gasteiger partial charge in [0.2, 0.25) is 5.96 Å². The minimum atomic E-state index is 0.459. The molecule has 0 bridgehead atoms. The normalized spacial score (nSPS) is 22.4. The molecule has 88 valence electrons. The summed E-state index contributed by atoms with van der Waals surface area (Å²) in [4.78, 5) is 6.62. The zero-order valence-corrected chi connectivity index (χ0v) is 10.2. The van der Waals surface area contributed by atoms with Crippen molar-refractivity contribution >= 4 is 5.96 Å². The minimum absolute atomic E-state index is 0.459. The molecule has 1 heterocycles. The van der Waals surface area contributed by atoms with Gasteiger partial charge in [-0.15, -0.1) is 0 Å². The van der Waals surface area contributed by atoms with Crippen LogP contribution in [0.3, 0.4) is 0 Å². The second kappa shape index (κ2) is 5.35. The molecule has 0 aromatic heterocycles. The van der Waals surface area contributed by atoms with Crippen LogP contribution < -0.4 is 11.3 Å². The van der Waals surface area contributed by atoms with Crippen LogP contribution in [0.1, 0.15) is 40.0 Å². The third-order valence-corrected chi connectivity index (χ3v) is 3.08. The maximum Gasteiger partial charge on any atom is 0.208 e. The molecule has 0 aromatic carbocycles. The van der Waals surface area contributed by atoms with Crippen LogP contribution in [-0.4, -0.2) is 30.5 Å². The Hall–Kier alpha value is -0.770. The Bertz CT molecular complexity index is 223. The van der Waals surface area contributed by atoms with Gasteiger partial charge in [-0.1, -0.05) is 13.8 Å². The minimum Gasteiger partial charge on any atom is -0.342 e. The second-order valence-electron chi connectivity index (χ2n) is 4.95. The molecule has 1 aliphatic rings. The van der Waals surface area contributed by atoms with Crippen LogP contribution in [0.15, 0.2) is 4.99 Å². The van der Waals surface area contributed by atoms with Crippen LogP contribution in [0, 0.1) is 5.41 Å². The fourth-order valence-electron chi connectivity index (χ4n) is 2.02. The van der Waals surface area contributed by atoms with Crippen molar-refractivity contribution in [2.45, 2.75) is 40.0 Å². The summed E-state index contributed by atoms with van der Waals surface area (Å²) in [6, 6.07) is 0. The summed E-state index contributed by atoms with van der Waals surface area (Å²) in [5.74, 6) is 6.33. The fourth-order valence-corrected chi connectivity index (χ4v) is 2.02. The Kier molecular flexibility index (Phi) is 4.39. The molecule has 0 atom stereocenters. The van der Waals surface area contributed by atoms with Gasteiger partial charge in [-0.25, -0.2) is 5.84 Å². The summed E-state index contributed by atoms with van der Waals surface area (Å²) >= 11 is 0. The highest BCUT2D eigenvalue weighted by Crippen LogP contribution is 2.29. The summed E-state index contributed by atoms with van der Waals surface area (Å²) < 4.78 is 0. The van der Waals surface area contributed by atoms with E-state index in [1.807, 2.05) is 6.92 Å². The number of nitrogens with zero attached hydrogens (tertiary/aromatic N) is 2. The SMILES string of the molecule is CCN=C(NN)N1CCCC(C)(C)CC1. The lowest BCUT2D eigenvalue weighted by molar-refractivity contribution is 0.312. The van der Waals surface area contributed by atoms with Gasteiger partial charge in [0.15, 0.2) is 0 Å². The molecule has 0 unspecified atom stereocenters. The molecule has 1 aliphatic heterocycles. The van der Waals surface area contributed by atoms with Crippen molar-refractivity contribution in [2.75, 3.05) is 19.6 Å². The lowest BCUT2D eigenvalue weighted by atomic mass is 9.85. The van der Waals surface area contributed by atoms with Crippen molar-refractivity contribution in [1.29, 1.82) is 0 Å². The first kappa shape index (κ1) is 12.3. The van der Waals surface area contributed by atoms with Crippen LogP contribution in [0.5, 0.6) is 0 Å². The molecule has 0 amide bonds. The molecule has 1 rings (SSSR count). The molecule has 0 spiro atoms. The third kappa shape index (κ3) is 3.70. The number of hydrazine groups is 1. The molecule has 0 aliphatic carbocycles. The lowest BCUT2D eigenvalue weighted by Gasteiger charge is -2.25. The van der Waals surface area contributed by atoms with E-state index >= 15 is 0 Å². The Balaban J connectivity index is 2.60. The molecule has 0 radical (unpaired) electrons. The number of hydrogen-bond acceptors (Lipinski definition) is 2. The van der Waals surface area contributed by atoms with Gasteiger partial charge in [-0.3, -0.25) is 10.4 Å².